The number of hydrogen-bond acceptors (Lipinski definition) is 4. The van der Waals surface area contributed by atoms with E-state index in [-0.39, 0.29) is 24.3 Å². The summed E-state index contributed by atoms with van der Waals surface area (Å²) >= 11 is 0. The Morgan fingerprint density at radius 3 is 2.17 bits per heavy atom. The van der Waals surface area contributed by atoms with E-state index in [1.54, 1.807) is 0 Å². The number of carboxylic acids is 1. The van der Waals surface area contributed by atoms with Crippen molar-refractivity contribution in [3.05, 3.63) is 0 Å². The van der Waals surface area contributed by atoms with Gasteiger partial charge >= 0.3 is 11.9 Å². The summed E-state index contributed by atoms with van der Waals surface area (Å²) in [7, 11) is -2.11. The van der Waals surface area contributed by atoms with Crippen LogP contribution in [-0.2, 0) is 19.1 Å². The van der Waals surface area contributed by atoms with Crippen LogP contribution in [0.15, 0.2) is 0 Å². The monoisotopic (exact) mass is 276 g/mol. The van der Waals surface area contributed by atoms with Crippen LogP contribution in [0.3, 0.4) is 0 Å². The summed E-state index contributed by atoms with van der Waals surface area (Å²) in [5, 5.41) is 8.43. The summed E-state index contributed by atoms with van der Waals surface area (Å²) in [5.74, 6) is -1.40. The maximum Gasteiger partial charge on any atom is 0.340 e. The molecule has 1 N–H and O–H groups in total. The molecule has 0 aliphatic heterocycles. The Morgan fingerprint density at radius 1 is 1.22 bits per heavy atom. The molecule has 18 heavy (non-hydrogen) atoms. The van der Waals surface area contributed by atoms with Crippen molar-refractivity contribution < 1.29 is 24.2 Å². The van der Waals surface area contributed by atoms with Gasteiger partial charge in [0.25, 0.3) is 8.32 Å². The molecule has 106 valence electrons. The summed E-state index contributed by atoms with van der Waals surface area (Å²) in [5.41, 5.74) is 0. The van der Waals surface area contributed by atoms with Crippen molar-refractivity contribution in [2.24, 2.45) is 0 Å². The average Bonchev–Trinajstić information content (AvgIpc) is 2.23. The van der Waals surface area contributed by atoms with Crippen LogP contribution in [0.25, 0.3) is 0 Å². The van der Waals surface area contributed by atoms with E-state index in [9.17, 15) is 9.59 Å². The minimum absolute atomic E-state index is 0.0247. The molecule has 0 radical (unpaired) electrons. The molecule has 0 spiro atoms. The predicted octanol–water partition coefficient (Wildman–Crippen LogP) is 3.11. The van der Waals surface area contributed by atoms with Crippen LogP contribution in [0, 0.1) is 0 Å². The zero-order valence-electron chi connectivity index (χ0n) is 11.9. The first-order valence-electron chi connectivity index (χ1n) is 6.22. The molecular formula is C12H24O5Si. The standard InChI is InChI=1S/C12H24O5Si/c1-6-18(5,12(2,3)4)17-16-11(15)9-7-8-10(13)14/h6-9H2,1-5H3,(H,13,14)/t18-/m1/s1. The Balaban J connectivity index is 4.14. The van der Waals surface area contributed by atoms with Gasteiger partial charge in [-0.25, -0.2) is 9.37 Å². The lowest BCUT2D eigenvalue weighted by Crippen LogP contribution is -2.43. The summed E-state index contributed by atoms with van der Waals surface area (Å²) in [4.78, 5) is 26.5. The van der Waals surface area contributed by atoms with E-state index < -0.39 is 20.3 Å². The quantitative estimate of drug-likeness (QED) is 0.439. The van der Waals surface area contributed by atoms with Crippen molar-refractivity contribution >= 4 is 20.3 Å². The highest BCUT2D eigenvalue weighted by Gasteiger charge is 2.43. The van der Waals surface area contributed by atoms with Gasteiger partial charge in [0.15, 0.2) is 0 Å². The van der Waals surface area contributed by atoms with Crippen LogP contribution < -0.4 is 0 Å². The van der Waals surface area contributed by atoms with Crippen molar-refractivity contribution in [1.29, 1.82) is 0 Å². The Hall–Kier alpha value is -0.883. The van der Waals surface area contributed by atoms with Crippen molar-refractivity contribution in [3.8, 4) is 0 Å². The number of hydrogen-bond donors (Lipinski definition) is 1. The molecular weight excluding hydrogens is 252 g/mol. The number of rotatable bonds is 7. The molecule has 0 rings (SSSR count). The van der Waals surface area contributed by atoms with Crippen LogP contribution in [0.1, 0.15) is 47.0 Å². The highest BCUT2D eigenvalue weighted by molar-refractivity contribution is 6.75. The molecule has 5 nitrogen and oxygen atoms in total. The van der Waals surface area contributed by atoms with Gasteiger partial charge in [-0.3, -0.25) is 4.79 Å². The predicted molar refractivity (Wildman–Crippen MR) is 70.5 cm³/mol. The molecule has 1 atom stereocenters. The minimum atomic E-state index is -2.11. The highest BCUT2D eigenvalue weighted by atomic mass is 28.4. The molecule has 0 aromatic rings. The molecule has 0 heterocycles. The van der Waals surface area contributed by atoms with Crippen LogP contribution in [0.5, 0.6) is 0 Å². The molecule has 0 amide bonds. The van der Waals surface area contributed by atoms with E-state index >= 15 is 0 Å². The van der Waals surface area contributed by atoms with Gasteiger partial charge in [-0.15, -0.1) is 0 Å². The van der Waals surface area contributed by atoms with E-state index in [2.05, 4.69) is 20.8 Å². The third-order valence-corrected chi connectivity index (χ3v) is 8.32. The summed E-state index contributed by atoms with van der Waals surface area (Å²) < 4.78 is 5.40. The average molecular weight is 276 g/mol. The van der Waals surface area contributed by atoms with Crippen LogP contribution in [0.4, 0.5) is 0 Å². The number of carbonyl (C=O) groups is 2. The molecule has 0 unspecified atom stereocenters. The second kappa shape index (κ2) is 6.89. The van der Waals surface area contributed by atoms with Crippen molar-refractivity contribution in [3.63, 3.8) is 0 Å². The highest BCUT2D eigenvalue weighted by Crippen LogP contribution is 2.39. The molecule has 0 aromatic heterocycles. The summed E-state index contributed by atoms with van der Waals surface area (Å²) in [6, 6.07) is 0.846. The van der Waals surface area contributed by atoms with Gasteiger partial charge in [0.05, 0.1) is 0 Å². The molecule has 0 aromatic carbocycles. The van der Waals surface area contributed by atoms with Crippen molar-refractivity contribution in [2.75, 3.05) is 0 Å². The maximum absolute atomic E-state index is 11.4. The zero-order valence-corrected chi connectivity index (χ0v) is 12.9. The smallest absolute Gasteiger partial charge is 0.340 e. The second-order valence-electron chi connectivity index (χ2n) is 5.62. The third kappa shape index (κ3) is 5.64. The SMILES string of the molecule is CC[Si@@](C)(OOC(=O)CCCC(=O)O)C(C)(C)C. The third-order valence-electron chi connectivity index (χ3n) is 3.35. The van der Waals surface area contributed by atoms with E-state index in [1.165, 1.54) is 0 Å². The number of carboxylic acid groups (broad SMARTS) is 1. The summed E-state index contributed by atoms with van der Waals surface area (Å²) in [6.07, 6.45) is 0.318. The Kier molecular flexibility index (Phi) is 6.55. The fourth-order valence-corrected chi connectivity index (χ4v) is 2.98. The number of carbonyl (C=O) groups excluding carboxylic acids is 1. The van der Waals surface area contributed by atoms with Crippen molar-refractivity contribution in [2.45, 2.75) is 64.6 Å². The molecule has 0 aliphatic rings. The lowest BCUT2D eigenvalue weighted by atomic mass is 10.2. The molecule has 0 bridgehead atoms. The largest absolute Gasteiger partial charge is 0.481 e. The molecule has 6 heteroatoms. The Morgan fingerprint density at radius 2 is 1.78 bits per heavy atom. The van der Waals surface area contributed by atoms with Gasteiger partial charge in [-0.05, 0) is 24.1 Å². The molecule has 0 aliphatic carbocycles. The lowest BCUT2D eigenvalue weighted by molar-refractivity contribution is -0.222. The first-order valence-corrected chi connectivity index (χ1v) is 8.84. The van der Waals surface area contributed by atoms with Gasteiger partial charge in [0.1, 0.15) is 0 Å². The minimum Gasteiger partial charge on any atom is -0.481 e. The first kappa shape index (κ1) is 17.1. The first-order chi connectivity index (χ1) is 8.12. The van der Waals surface area contributed by atoms with E-state index in [4.69, 9.17) is 14.6 Å². The van der Waals surface area contributed by atoms with Gasteiger partial charge in [-0.2, -0.15) is 0 Å². The van der Waals surface area contributed by atoms with Crippen LogP contribution >= 0.6 is 0 Å². The topological polar surface area (TPSA) is 72.8 Å². The second-order valence-corrected chi connectivity index (χ2v) is 10.5. The van der Waals surface area contributed by atoms with Crippen LogP contribution in [-0.4, -0.2) is 25.4 Å². The van der Waals surface area contributed by atoms with Gasteiger partial charge < -0.3 is 9.99 Å². The Bertz CT molecular complexity index is 297. The number of aliphatic carboxylic acids is 1. The summed E-state index contributed by atoms with van der Waals surface area (Å²) in [6.45, 7) is 10.3. The Labute approximate surface area is 110 Å². The fraction of sp³-hybridized carbons (Fsp3) is 0.833. The van der Waals surface area contributed by atoms with Gasteiger partial charge in [-0.1, -0.05) is 27.7 Å². The molecule has 0 saturated carbocycles. The van der Waals surface area contributed by atoms with Gasteiger partial charge in [0.2, 0.25) is 0 Å². The van der Waals surface area contributed by atoms with E-state index in [0.29, 0.717) is 0 Å². The lowest BCUT2D eigenvalue weighted by Gasteiger charge is -2.35. The van der Waals surface area contributed by atoms with Gasteiger partial charge in [0, 0.05) is 12.8 Å². The zero-order chi connectivity index (χ0) is 14.4. The normalized spacial score (nSPS) is 14.9. The van der Waals surface area contributed by atoms with Crippen LogP contribution in [0.2, 0.25) is 17.6 Å². The maximum atomic E-state index is 11.4. The molecule has 0 saturated heterocycles. The molecule has 0 fully saturated rings. The van der Waals surface area contributed by atoms with E-state index in [0.717, 1.165) is 6.04 Å². The van der Waals surface area contributed by atoms with E-state index in [1.807, 2.05) is 13.5 Å². The van der Waals surface area contributed by atoms with Crippen molar-refractivity contribution in [1.82, 2.24) is 0 Å². The fourth-order valence-electron chi connectivity index (χ4n) is 1.28.